The molecule has 1 aromatic rings. The molecule has 0 saturated carbocycles. The molecule has 1 fully saturated rings. The fraction of sp³-hybridized carbons (Fsp3) is 0.625. The SMILES string of the molecule is Cc1csc(S[C@@H]2CS(=O)(=O)C[C@H]2O)n1. The van der Waals surface area contributed by atoms with Crippen LogP contribution in [0.2, 0.25) is 0 Å². The van der Waals surface area contributed by atoms with E-state index in [-0.39, 0.29) is 16.8 Å². The Bertz CT molecular complexity index is 453. The molecular weight excluding hydrogens is 254 g/mol. The minimum Gasteiger partial charge on any atom is -0.391 e. The Morgan fingerprint density at radius 2 is 2.33 bits per heavy atom. The molecule has 0 aromatic carbocycles. The van der Waals surface area contributed by atoms with E-state index < -0.39 is 15.9 Å². The molecule has 84 valence electrons. The highest BCUT2D eigenvalue weighted by Gasteiger charge is 2.37. The van der Waals surface area contributed by atoms with Crippen molar-refractivity contribution in [3.8, 4) is 0 Å². The lowest BCUT2D eigenvalue weighted by molar-refractivity contribution is 0.207. The highest BCUT2D eigenvalue weighted by atomic mass is 32.2. The smallest absolute Gasteiger partial charge is 0.154 e. The van der Waals surface area contributed by atoms with E-state index in [1.54, 1.807) is 0 Å². The van der Waals surface area contributed by atoms with Crippen LogP contribution in [0.1, 0.15) is 5.69 Å². The van der Waals surface area contributed by atoms with Crippen LogP contribution in [-0.4, -0.2) is 41.4 Å². The summed E-state index contributed by atoms with van der Waals surface area (Å²) in [4.78, 5) is 4.23. The molecule has 1 aromatic heterocycles. The van der Waals surface area contributed by atoms with Crippen LogP contribution in [0.15, 0.2) is 9.72 Å². The van der Waals surface area contributed by atoms with Crippen molar-refractivity contribution in [3.63, 3.8) is 0 Å². The number of thioether (sulfide) groups is 1. The molecule has 4 nitrogen and oxygen atoms in total. The lowest BCUT2D eigenvalue weighted by atomic mass is 10.3. The Kier molecular flexibility index (Phi) is 3.07. The molecule has 0 aliphatic carbocycles. The molecule has 0 bridgehead atoms. The Morgan fingerprint density at radius 3 is 2.80 bits per heavy atom. The molecule has 0 radical (unpaired) electrons. The largest absolute Gasteiger partial charge is 0.391 e. The van der Waals surface area contributed by atoms with E-state index in [1.165, 1.54) is 23.1 Å². The van der Waals surface area contributed by atoms with Crippen molar-refractivity contribution >= 4 is 32.9 Å². The number of hydrogen-bond acceptors (Lipinski definition) is 6. The summed E-state index contributed by atoms with van der Waals surface area (Å²) >= 11 is 2.85. The number of aliphatic hydroxyl groups is 1. The fourth-order valence-electron chi connectivity index (χ4n) is 1.43. The minimum absolute atomic E-state index is 0.0530. The summed E-state index contributed by atoms with van der Waals surface area (Å²) in [6.07, 6.45) is -0.760. The Hall–Kier alpha value is -0.110. The normalized spacial score (nSPS) is 29.5. The van der Waals surface area contributed by atoms with E-state index in [9.17, 15) is 13.5 Å². The van der Waals surface area contributed by atoms with E-state index >= 15 is 0 Å². The van der Waals surface area contributed by atoms with Crippen LogP contribution in [0.5, 0.6) is 0 Å². The number of thiazole rings is 1. The third kappa shape index (κ3) is 2.72. The monoisotopic (exact) mass is 265 g/mol. The lowest BCUT2D eigenvalue weighted by Crippen LogP contribution is -2.19. The van der Waals surface area contributed by atoms with E-state index in [2.05, 4.69) is 4.98 Å². The summed E-state index contributed by atoms with van der Waals surface area (Å²) in [5.41, 5.74) is 0.929. The van der Waals surface area contributed by atoms with Crippen LogP contribution in [0.4, 0.5) is 0 Å². The van der Waals surface area contributed by atoms with Crippen LogP contribution >= 0.6 is 23.1 Å². The lowest BCUT2D eigenvalue weighted by Gasteiger charge is -2.08. The maximum absolute atomic E-state index is 11.3. The van der Waals surface area contributed by atoms with Crippen molar-refractivity contribution in [2.45, 2.75) is 22.6 Å². The van der Waals surface area contributed by atoms with Crippen molar-refractivity contribution in [3.05, 3.63) is 11.1 Å². The van der Waals surface area contributed by atoms with Gasteiger partial charge in [0.25, 0.3) is 0 Å². The van der Waals surface area contributed by atoms with Crippen LogP contribution in [0.3, 0.4) is 0 Å². The standard InChI is InChI=1S/C8H11NO3S3/c1-5-2-13-8(9-5)14-7-4-15(11,12)3-6(7)10/h2,6-7,10H,3-4H2,1H3/t6-,7-/m1/s1. The molecule has 0 unspecified atom stereocenters. The van der Waals surface area contributed by atoms with Crippen LogP contribution in [0.25, 0.3) is 0 Å². The van der Waals surface area contributed by atoms with Gasteiger partial charge in [0.15, 0.2) is 9.84 Å². The number of rotatable bonds is 2. The van der Waals surface area contributed by atoms with Crippen LogP contribution < -0.4 is 0 Å². The van der Waals surface area contributed by atoms with Gasteiger partial charge >= 0.3 is 0 Å². The van der Waals surface area contributed by atoms with E-state index in [4.69, 9.17) is 0 Å². The summed E-state index contributed by atoms with van der Waals surface area (Å²) in [7, 11) is -3.05. The zero-order valence-electron chi connectivity index (χ0n) is 8.08. The van der Waals surface area contributed by atoms with Crippen molar-refractivity contribution < 1.29 is 13.5 Å². The van der Waals surface area contributed by atoms with Crippen molar-refractivity contribution in [1.29, 1.82) is 0 Å². The zero-order chi connectivity index (χ0) is 11.1. The van der Waals surface area contributed by atoms with Gasteiger partial charge < -0.3 is 5.11 Å². The van der Waals surface area contributed by atoms with E-state index in [0.717, 1.165) is 10.0 Å². The third-order valence-electron chi connectivity index (χ3n) is 2.12. The molecule has 2 rings (SSSR count). The second kappa shape index (κ2) is 4.04. The molecule has 1 aliphatic rings. The number of hydrogen-bond donors (Lipinski definition) is 1. The quantitative estimate of drug-likeness (QED) is 0.852. The van der Waals surface area contributed by atoms with E-state index in [0.29, 0.717) is 0 Å². The first-order chi connectivity index (χ1) is 6.96. The zero-order valence-corrected chi connectivity index (χ0v) is 10.5. The van der Waals surface area contributed by atoms with Gasteiger partial charge in [-0.3, -0.25) is 0 Å². The van der Waals surface area contributed by atoms with Gasteiger partial charge in [-0.05, 0) is 6.92 Å². The Labute approximate surface area is 96.7 Å². The third-order valence-corrected chi connectivity index (χ3v) is 6.46. The Balaban J connectivity index is 2.08. The molecule has 0 spiro atoms. The van der Waals surface area contributed by atoms with Gasteiger partial charge in [-0.25, -0.2) is 13.4 Å². The van der Waals surface area contributed by atoms with Gasteiger partial charge in [-0.15, -0.1) is 11.3 Å². The average Bonchev–Trinajstić information content (AvgIpc) is 2.58. The predicted octanol–water partition coefficient (Wildman–Crippen LogP) is 0.702. The first-order valence-electron chi connectivity index (χ1n) is 4.43. The molecule has 1 N–H and O–H groups in total. The van der Waals surface area contributed by atoms with Crippen LogP contribution in [-0.2, 0) is 9.84 Å². The molecule has 7 heteroatoms. The number of aryl methyl sites for hydroxylation is 1. The van der Waals surface area contributed by atoms with Crippen molar-refractivity contribution in [2.75, 3.05) is 11.5 Å². The predicted molar refractivity (Wildman–Crippen MR) is 61.2 cm³/mol. The number of sulfone groups is 1. The second-order valence-electron chi connectivity index (χ2n) is 3.56. The summed E-state index contributed by atoms with van der Waals surface area (Å²) in [5.74, 6) is -0.0630. The molecule has 2 heterocycles. The maximum Gasteiger partial charge on any atom is 0.154 e. The van der Waals surface area contributed by atoms with Gasteiger partial charge in [-0.1, -0.05) is 11.8 Å². The minimum atomic E-state index is -3.05. The molecule has 2 atom stereocenters. The molecular formula is C8H11NO3S3. The van der Waals surface area contributed by atoms with E-state index in [1.807, 2.05) is 12.3 Å². The Morgan fingerprint density at radius 1 is 1.60 bits per heavy atom. The van der Waals surface area contributed by atoms with Gasteiger partial charge in [0.1, 0.15) is 4.34 Å². The average molecular weight is 265 g/mol. The van der Waals surface area contributed by atoms with Crippen LogP contribution in [0, 0.1) is 6.92 Å². The first kappa shape index (κ1) is 11.4. The summed E-state index contributed by atoms with van der Waals surface area (Å²) < 4.78 is 23.3. The second-order valence-corrected chi connectivity index (χ2v) is 8.05. The summed E-state index contributed by atoms with van der Waals surface area (Å²) in [6, 6.07) is 0. The number of nitrogens with zero attached hydrogens (tertiary/aromatic N) is 1. The van der Waals surface area contributed by atoms with Gasteiger partial charge in [0.2, 0.25) is 0 Å². The number of aromatic nitrogens is 1. The van der Waals surface area contributed by atoms with Crippen molar-refractivity contribution in [1.82, 2.24) is 4.98 Å². The molecule has 0 amide bonds. The highest BCUT2D eigenvalue weighted by Crippen LogP contribution is 2.32. The van der Waals surface area contributed by atoms with Gasteiger partial charge in [-0.2, -0.15) is 0 Å². The fourth-order valence-corrected chi connectivity index (χ4v) is 6.02. The molecule has 15 heavy (non-hydrogen) atoms. The topological polar surface area (TPSA) is 67.3 Å². The first-order valence-corrected chi connectivity index (χ1v) is 8.01. The molecule has 1 aliphatic heterocycles. The summed E-state index contributed by atoms with van der Waals surface area (Å²) in [5, 5.41) is 11.2. The summed E-state index contributed by atoms with van der Waals surface area (Å²) in [6.45, 7) is 1.89. The number of aliphatic hydroxyl groups excluding tert-OH is 1. The highest BCUT2D eigenvalue weighted by molar-refractivity contribution is 8.03. The van der Waals surface area contributed by atoms with Crippen molar-refractivity contribution in [2.24, 2.45) is 0 Å². The molecule has 1 saturated heterocycles. The maximum atomic E-state index is 11.3. The van der Waals surface area contributed by atoms with Gasteiger partial charge in [0.05, 0.1) is 22.9 Å². The van der Waals surface area contributed by atoms with Gasteiger partial charge in [0, 0.05) is 11.1 Å².